The Morgan fingerprint density at radius 2 is 1.62 bits per heavy atom. The van der Waals surface area contributed by atoms with Crippen molar-refractivity contribution in [1.29, 1.82) is 0 Å². The van der Waals surface area contributed by atoms with E-state index in [9.17, 15) is 14.7 Å². The summed E-state index contributed by atoms with van der Waals surface area (Å²) in [6.07, 6.45) is 1.38. The molecular weight excluding hydrogens is 326 g/mol. The van der Waals surface area contributed by atoms with Crippen LogP contribution < -0.4 is 4.90 Å². The molecule has 0 saturated carbocycles. The summed E-state index contributed by atoms with van der Waals surface area (Å²) < 4.78 is 0. The summed E-state index contributed by atoms with van der Waals surface area (Å²) in [6.45, 7) is 4.86. The van der Waals surface area contributed by atoms with Gasteiger partial charge in [-0.3, -0.25) is 9.59 Å². The molecule has 1 unspecified atom stereocenters. The van der Waals surface area contributed by atoms with E-state index in [1.54, 1.807) is 0 Å². The highest BCUT2D eigenvalue weighted by Gasteiger charge is 2.40. The number of aliphatic hydroxyl groups is 1. The van der Waals surface area contributed by atoms with E-state index < -0.39 is 6.04 Å². The number of carbonyl (C=O) groups is 2. The largest absolute Gasteiger partial charge is 0.505 e. The van der Waals surface area contributed by atoms with Crippen molar-refractivity contribution in [2.24, 2.45) is 0 Å². The van der Waals surface area contributed by atoms with Gasteiger partial charge >= 0.3 is 0 Å². The first-order valence-electron chi connectivity index (χ1n) is 8.47. The number of aryl methyl sites for hydroxylation is 1. The molecule has 0 fully saturated rings. The van der Waals surface area contributed by atoms with Gasteiger partial charge in [0.1, 0.15) is 5.76 Å². The molecule has 0 amide bonds. The molecule has 3 rings (SSSR count). The maximum absolute atomic E-state index is 12.3. The smallest absolute Gasteiger partial charge is 0.162 e. The van der Waals surface area contributed by atoms with Crippen LogP contribution in [0.25, 0.3) is 0 Å². The number of carbonyl (C=O) groups excluding carboxylic acids is 2. The molecule has 1 aliphatic rings. The number of aliphatic hydroxyl groups excluding tert-OH is 1. The fourth-order valence-electron chi connectivity index (χ4n) is 3.28. The zero-order chi connectivity index (χ0) is 18.8. The van der Waals surface area contributed by atoms with E-state index in [0.717, 1.165) is 16.8 Å². The number of rotatable bonds is 4. The second-order valence-electron chi connectivity index (χ2n) is 6.48. The number of nitrogens with zero attached hydrogens (tertiary/aromatic N) is 1. The van der Waals surface area contributed by atoms with Crippen LogP contribution in [0, 0.1) is 6.92 Å². The Morgan fingerprint density at radius 3 is 2.15 bits per heavy atom. The lowest BCUT2D eigenvalue weighted by atomic mass is 9.96. The Labute approximate surface area is 153 Å². The molecule has 1 atom stereocenters. The van der Waals surface area contributed by atoms with Crippen molar-refractivity contribution in [2.45, 2.75) is 26.8 Å². The standard InChI is InChI=1S/C22H21NO3/c1-14-9-11-18(12-10-14)23-19(13-15(2)24)22(26)20(16(3)25)21(23)17-7-5-4-6-8-17/h4-13,21,26H,1-3H3/b19-13+. The van der Waals surface area contributed by atoms with Crippen LogP contribution in [0.3, 0.4) is 0 Å². The van der Waals surface area contributed by atoms with Crippen molar-refractivity contribution < 1.29 is 14.7 Å². The number of allylic oxidation sites excluding steroid dienone is 1. The van der Waals surface area contributed by atoms with Crippen molar-refractivity contribution in [3.05, 3.63) is 88.8 Å². The van der Waals surface area contributed by atoms with Gasteiger partial charge in [-0.2, -0.15) is 0 Å². The predicted octanol–water partition coefficient (Wildman–Crippen LogP) is 4.43. The van der Waals surface area contributed by atoms with E-state index in [2.05, 4.69) is 0 Å². The fraction of sp³-hybridized carbons (Fsp3) is 0.182. The second kappa shape index (κ2) is 7.00. The lowest BCUT2D eigenvalue weighted by molar-refractivity contribution is -0.114. The number of hydrogen-bond acceptors (Lipinski definition) is 4. The van der Waals surface area contributed by atoms with Gasteiger partial charge in [-0.25, -0.2) is 0 Å². The molecule has 1 N–H and O–H groups in total. The summed E-state index contributed by atoms with van der Waals surface area (Å²) in [5, 5.41) is 10.8. The molecule has 1 heterocycles. The highest BCUT2D eigenvalue weighted by molar-refractivity contribution is 6.00. The molecule has 4 heteroatoms. The van der Waals surface area contributed by atoms with Gasteiger partial charge in [0, 0.05) is 11.8 Å². The summed E-state index contributed by atoms with van der Waals surface area (Å²) in [5.41, 5.74) is 3.42. The molecule has 0 saturated heterocycles. The first-order chi connectivity index (χ1) is 12.4. The molecule has 0 radical (unpaired) electrons. The van der Waals surface area contributed by atoms with Gasteiger partial charge < -0.3 is 10.0 Å². The topological polar surface area (TPSA) is 57.6 Å². The Bertz CT molecular complexity index is 908. The van der Waals surface area contributed by atoms with Crippen molar-refractivity contribution in [3.63, 3.8) is 0 Å². The van der Waals surface area contributed by atoms with Crippen LogP contribution in [-0.2, 0) is 9.59 Å². The van der Waals surface area contributed by atoms with E-state index in [0.29, 0.717) is 11.3 Å². The van der Waals surface area contributed by atoms with Crippen LogP contribution >= 0.6 is 0 Å². The van der Waals surface area contributed by atoms with Gasteiger partial charge in [-0.15, -0.1) is 0 Å². The summed E-state index contributed by atoms with van der Waals surface area (Å²) in [6, 6.07) is 16.8. The monoisotopic (exact) mass is 347 g/mol. The number of Topliss-reactive ketones (excluding diaryl/α,β-unsaturated/α-hetero) is 1. The molecule has 2 aromatic rings. The predicted molar refractivity (Wildman–Crippen MR) is 102 cm³/mol. The van der Waals surface area contributed by atoms with Gasteiger partial charge in [0.25, 0.3) is 0 Å². The molecule has 2 aromatic carbocycles. The highest BCUT2D eigenvalue weighted by Crippen LogP contribution is 2.45. The lowest BCUT2D eigenvalue weighted by Gasteiger charge is -2.29. The molecule has 0 spiro atoms. The van der Waals surface area contributed by atoms with Crippen LogP contribution in [0.15, 0.2) is 77.7 Å². The second-order valence-corrected chi connectivity index (χ2v) is 6.48. The number of anilines is 1. The van der Waals surface area contributed by atoms with Crippen molar-refractivity contribution in [2.75, 3.05) is 4.90 Å². The molecule has 1 aliphatic heterocycles. The van der Waals surface area contributed by atoms with Gasteiger partial charge in [-0.1, -0.05) is 48.0 Å². The lowest BCUT2D eigenvalue weighted by Crippen LogP contribution is -2.25. The number of benzene rings is 2. The fourth-order valence-corrected chi connectivity index (χ4v) is 3.28. The minimum Gasteiger partial charge on any atom is -0.505 e. The van der Waals surface area contributed by atoms with E-state index in [-0.39, 0.29) is 17.3 Å². The minimum atomic E-state index is -0.484. The molecule has 0 bridgehead atoms. The molecule has 0 aliphatic carbocycles. The molecule has 26 heavy (non-hydrogen) atoms. The van der Waals surface area contributed by atoms with Crippen LogP contribution in [-0.4, -0.2) is 16.7 Å². The van der Waals surface area contributed by atoms with E-state index in [1.807, 2.05) is 66.4 Å². The van der Waals surface area contributed by atoms with Crippen molar-refractivity contribution >= 4 is 17.3 Å². The summed E-state index contributed by atoms with van der Waals surface area (Å²) in [7, 11) is 0. The van der Waals surface area contributed by atoms with Crippen LogP contribution in [0.5, 0.6) is 0 Å². The van der Waals surface area contributed by atoms with E-state index in [1.165, 1.54) is 19.9 Å². The zero-order valence-electron chi connectivity index (χ0n) is 15.1. The highest BCUT2D eigenvalue weighted by atomic mass is 16.3. The third-order valence-corrected chi connectivity index (χ3v) is 4.44. The minimum absolute atomic E-state index is 0.137. The maximum Gasteiger partial charge on any atom is 0.162 e. The summed E-state index contributed by atoms with van der Waals surface area (Å²) >= 11 is 0. The molecule has 4 nitrogen and oxygen atoms in total. The van der Waals surface area contributed by atoms with Gasteiger partial charge in [0.15, 0.2) is 11.6 Å². The van der Waals surface area contributed by atoms with Crippen LogP contribution in [0.2, 0.25) is 0 Å². The van der Waals surface area contributed by atoms with Crippen molar-refractivity contribution in [3.8, 4) is 0 Å². The van der Waals surface area contributed by atoms with Crippen LogP contribution in [0.4, 0.5) is 5.69 Å². The maximum atomic E-state index is 12.3. The van der Waals surface area contributed by atoms with Gasteiger partial charge in [0.05, 0.1) is 17.3 Å². The SMILES string of the molecule is CC(=O)/C=C1\C(O)=C(C(C)=O)C(c2ccccc2)N1c1ccc(C)cc1. The normalized spacial score (nSPS) is 18.5. The molecular formula is C22H21NO3. The van der Waals surface area contributed by atoms with Crippen LogP contribution in [0.1, 0.15) is 31.0 Å². The summed E-state index contributed by atoms with van der Waals surface area (Å²) in [4.78, 5) is 26.0. The third-order valence-electron chi connectivity index (χ3n) is 4.44. The number of ketones is 2. The Balaban J connectivity index is 2.26. The Morgan fingerprint density at radius 1 is 1.00 bits per heavy atom. The molecule has 132 valence electrons. The molecule has 0 aromatic heterocycles. The average molecular weight is 347 g/mol. The average Bonchev–Trinajstić information content (AvgIpc) is 2.89. The Hall–Kier alpha value is -3.14. The van der Waals surface area contributed by atoms with E-state index in [4.69, 9.17) is 0 Å². The van der Waals surface area contributed by atoms with Crippen molar-refractivity contribution in [1.82, 2.24) is 0 Å². The Kier molecular flexibility index (Phi) is 4.76. The van der Waals surface area contributed by atoms with E-state index >= 15 is 0 Å². The van der Waals surface area contributed by atoms with Gasteiger partial charge in [0.2, 0.25) is 0 Å². The number of hydrogen-bond donors (Lipinski definition) is 1. The third kappa shape index (κ3) is 3.18. The van der Waals surface area contributed by atoms with Gasteiger partial charge in [-0.05, 0) is 38.5 Å². The quantitative estimate of drug-likeness (QED) is 0.831. The first-order valence-corrected chi connectivity index (χ1v) is 8.47. The zero-order valence-corrected chi connectivity index (χ0v) is 15.1. The summed E-state index contributed by atoms with van der Waals surface area (Å²) in [5.74, 6) is -0.553. The first kappa shape index (κ1) is 17.7.